The number of aromatic nitrogens is 2. The Bertz CT molecular complexity index is 1180. The fraction of sp³-hybridized carbons (Fsp3) is 0.385. The van der Waals surface area contributed by atoms with Crippen LogP contribution in [0.15, 0.2) is 65.7 Å². The maximum absolute atomic E-state index is 13.1. The number of piperidine rings is 1. The molecular formula is C26H33FN6O3S. The highest BCUT2D eigenvalue weighted by molar-refractivity contribution is 7.82. The maximum Gasteiger partial charge on any atom is 0.229 e. The Morgan fingerprint density at radius 2 is 1.54 bits per heavy atom. The first-order valence-electron chi connectivity index (χ1n) is 12.3. The number of anilines is 4. The molecule has 1 atom stereocenters. The summed E-state index contributed by atoms with van der Waals surface area (Å²) >= 11 is 0. The minimum Gasteiger partial charge on any atom is -0.412 e. The van der Waals surface area contributed by atoms with E-state index in [0.29, 0.717) is 37.7 Å². The Balaban J connectivity index is 0.00000320. The molecule has 0 bridgehead atoms. The lowest BCUT2D eigenvalue weighted by molar-refractivity contribution is -0.0278. The summed E-state index contributed by atoms with van der Waals surface area (Å²) in [4.78, 5) is 11.8. The minimum absolute atomic E-state index is 0. The molecule has 0 amide bonds. The van der Waals surface area contributed by atoms with E-state index >= 15 is 0 Å². The molecule has 11 heteroatoms. The number of rotatable bonds is 8. The van der Waals surface area contributed by atoms with Crippen LogP contribution in [0.4, 0.5) is 27.5 Å². The van der Waals surface area contributed by atoms with Crippen LogP contribution in [0, 0.1) is 5.82 Å². The van der Waals surface area contributed by atoms with Crippen molar-refractivity contribution in [3.63, 3.8) is 0 Å². The molecule has 9 nitrogen and oxygen atoms in total. The summed E-state index contributed by atoms with van der Waals surface area (Å²) < 4.78 is 28.2. The molecule has 1 aromatic heterocycles. The molecule has 2 aliphatic heterocycles. The van der Waals surface area contributed by atoms with Crippen LogP contribution in [0.25, 0.3) is 0 Å². The number of likely N-dealkylation sites (tertiary alicyclic amines) is 1. The van der Waals surface area contributed by atoms with Crippen molar-refractivity contribution in [2.75, 3.05) is 43.4 Å². The Labute approximate surface area is 218 Å². The highest BCUT2D eigenvalue weighted by atomic mass is 32.2. The number of halogens is 1. The summed E-state index contributed by atoms with van der Waals surface area (Å²) in [6.45, 7) is 4.07. The fourth-order valence-electron chi connectivity index (χ4n) is 4.69. The lowest BCUT2D eigenvalue weighted by Gasteiger charge is -2.39. The van der Waals surface area contributed by atoms with Gasteiger partial charge in [0.25, 0.3) is 0 Å². The second-order valence-electron chi connectivity index (χ2n) is 9.43. The zero-order valence-electron chi connectivity index (χ0n) is 20.6. The van der Waals surface area contributed by atoms with Crippen LogP contribution in [-0.4, -0.2) is 72.3 Å². The molecule has 198 valence electrons. The van der Waals surface area contributed by atoms with Crippen molar-refractivity contribution in [1.29, 1.82) is 0 Å². The van der Waals surface area contributed by atoms with Crippen molar-refractivity contribution < 1.29 is 19.2 Å². The molecule has 37 heavy (non-hydrogen) atoms. The first kappa shape index (κ1) is 27.1. The van der Waals surface area contributed by atoms with Gasteiger partial charge in [-0.2, -0.15) is 4.98 Å². The number of nitrogens with zero attached hydrogens (tertiary/aromatic N) is 4. The molecule has 5 rings (SSSR count). The Morgan fingerprint density at radius 1 is 0.919 bits per heavy atom. The molecule has 3 heterocycles. The van der Waals surface area contributed by atoms with Gasteiger partial charge in [-0.05, 0) is 93.4 Å². The SMILES string of the molecule is O.O=S(c1ccc(Nc2nccc(Nc3ccc(F)cc3)n2)cc1)N1CCC(O)(CN2CCCC2)CC1. The smallest absolute Gasteiger partial charge is 0.229 e. The monoisotopic (exact) mass is 528 g/mol. The molecule has 0 aliphatic carbocycles. The molecule has 5 N–H and O–H groups in total. The predicted octanol–water partition coefficient (Wildman–Crippen LogP) is 3.22. The number of aliphatic hydroxyl groups is 1. The van der Waals surface area contributed by atoms with Crippen LogP contribution in [0.1, 0.15) is 25.7 Å². The van der Waals surface area contributed by atoms with Gasteiger partial charge < -0.3 is 26.1 Å². The van der Waals surface area contributed by atoms with Crippen LogP contribution >= 0.6 is 0 Å². The van der Waals surface area contributed by atoms with Gasteiger partial charge >= 0.3 is 0 Å². The van der Waals surface area contributed by atoms with E-state index < -0.39 is 16.6 Å². The average Bonchev–Trinajstić information content (AvgIpc) is 3.39. The number of nitrogens with one attached hydrogen (secondary N) is 2. The molecule has 2 aliphatic rings. The Morgan fingerprint density at radius 3 is 2.22 bits per heavy atom. The van der Waals surface area contributed by atoms with Crippen molar-refractivity contribution in [3.05, 3.63) is 66.6 Å². The van der Waals surface area contributed by atoms with E-state index in [4.69, 9.17) is 0 Å². The van der Waals surface area contributed by atoms with Crippen molar-refractivity contribution in [3.8, 4) is 0 Å². The third-order valence-electron chi connectivity index (χ3n) is 6.69. The number of benzene rings is 2. The van der Waals surface area contributed by atoms with Gasteiger partial charge in [0.05, 0.1) is 10.5 Å². The summed E-state index contributed by atoms with van der Waals surface area (Å²) in [5, 5.41) is 17.3. The molecule has 3 aromatic rings. The highest BCUT2D eigenvalue weighted by Gasteiger charge is 2.36. The third-order valence-corrected chi connectivity index (χ3v) is 8.20. The van der Waals surface area contributed by atoms with E-state index in [1.54, 1.807) is 24.4 Å². The lowest BCUT2D eigenvalue weighted by atomic mass is 9.92. The molecule has 1 unspecified atom stereocenters. The van der Waals surface area contributed by atoms with E-state index in [2.05, 4.69) is 25.5 Å². The van der Waals surface area contributed by atoms with Crippen LogP contribution in [0.3, 0.4) is 0 Å². The fourth-order valence-corrected chi connectivity index (χ4v) is 5.87. The van der Waals surface area contributed by atoms with Gasteiger partial charge in [-0.3, -0.25) is 0 Å². The summed E-state index contributed by atoms with van der Waals surface area (Å²) in [5.74, 6) is 0.685. The largest absolute Gasteiger partial charge is 0.412 e. The average molecular weight is 529 g/mol. The van der Waals surface area contributed by atoms with Gasteiger partial charge in [0.15, 0.2) is 0 Å². The van der Waals surface area contributed by atoms with Crippen molar-refractivity contribution in [2.45, 2.75) is 36.2 Å². The second-order valence-corrected chi connectivity index (χ2v) is 10.9. The topological polar surface area (TPSA) is 125 Å². The van der Waals surface area contributed by atoms with Crippen LogP contribution in [0.5, 0.6) is 0 Å². The van der Waals surface area contributed by atoms with Crippen LogP contribution < -0.4 is 10.6 Å². The quantitative estimate of drug-likeness (QED) is 0.410. The molecule has 2 saturated heterocycles. The summed E-state index contributed by atoms with van der Waals surface area (Å²) in [5.41, 5.74) is 0.812. The minimum atomic E-state index is -1.28. The van der Waals surface area contributed by atoms with Gasteiger partial charge in [-0.25, -0.2) is 17.9 Å². The van der Waals surface area contributed by atoms with Crippen molar-refractivity contribution in [2.24, 2.45) is 0 Å². The Hall–Kier alpha value is -2.96. The van der Waals surface area contributed by atoms with Crippen molar-refractivity contribution in [1.82, 2.24) is 19.2 Å². The van der Waals surface area contributed by atoms with Gasteiger partial charge in [0, 0.05) is 37.2 Å². The van der Waals surface area contributed by atoms with E-state index in [0.717, 1.165) is 35.9 Å². The third kappa shape index (κ3) is 7.08. The molecule has 0 saturated carbocycles. The molecular weight excluding hydrogens is 495 g/mol. The van der Waals surface area contributed by atoms with Gasteiger partial charge in [-0.1, -0.05) is 0 Å². The van der Waals surface area contributed by atoms with Crippen LogP contribution in [-0.2, 0) is 11.0 Å². The van der Waals surface area contributed by atoms with Gasteiger partial charge in [0.2, 0.25) is 5.95 Å². The van der Waals surface area contributed by atoms with Gasteiger partial charge in [0.1, 0.15) is 22.6 Å². The first-order valence-corrected chi connectivity index (χ1v) is 13.4. The maximum atomic E-state index is 13.1. The van der Waals surface area contributed by atoms with E-state index in [1.165, 1.54) is 25.0 Å². The summed E-state index contributed by atoms with van der Waals surface area (Å²) in [6.07, 6.45) is 5.32. The molecule has 2 aromatic carbocycles. The number of hydrogen-bond acceptors (Lipinski definition) is 7. The van der Waals surface area contributed by atoms with E-state index in [9.17, 15) is 13.7 Å². The zero-order valence-corrected chi connectivity index (χ0v) is 21.4. The number of hydrogen-bond donors (Lipinski definition) is 3. The Kier molecular flexibility index (Phi) is 8.83. The molecule has 0 spiro atoms. The van der Waals surface area contributed by atoms with Gasteiger partial charge in [-0.15, -0.1) is 0 Å². The standard InChI is InChI=1S/C26H31FN6O2S.H2O/c27-20-3-5-21(6-4-20)29-24-11-14-28-25(31-24)30-22-7-9-23(10-8-22)36(35)33-17-12-26(34,13-18-33)19-32-15-1-2-16-32;/h3-11,14,34H,1-2,12-13,15-19H2,(H2,28,29,30,31);1H2. The normalized spacial score (nSPS) is 18.6. The highest BCUT2D eigenvalue weighted by Crippen LogP contribution is 2.28. The summed E-state index contributed by atoms with van der Waals surface area (Å²) in [6, 6.07) is 15.1. The van der Waals surface area contributed by atoms with Crippen LogP contribution in [0.2, 0.25) is 0 Å². The predicted molar refractivity (Wildman–Crippen MR) is 143 cm³/mol. The lowest BCUT2D eigenvalue weighted by Crippen LogP contribution is -2.50. The first-order chi connectivity index (χ1) is 17.5. The molecule has 2 fully saturated rings. The van der Waals surface area contributed by atoms with Crippen molar-refractivity contribution >= 4 is 34.1 Å². The van der Waals surface area contributed by atoms with E-state index in [1.807, 2.05) is 28.6 Å². The molecule has 0 radical (unpaired) electrons. The number of β-amino-alcohol motifs (C(OH)–C–C–N with tert-alkyl or cyclic N) is 1. The summed E-state index contributed by atoms with van der Waals surface area (Å²) in [7, 11) is -1.28. The zero-order chi connectivity index (χ0) is 25.0. The van der Waals surface area contributed by atoms with E-state index in [-0.39, 0.29) is 11.3 Å². The second kappa shape index (κ2) is 12.1.